The van der Waals surface area contributed by atoms with Crippen molar-refractivity contribution in [1.29, 1.82) is 0 Å². The summed E-state index contributed by atoms with van der Waals surface area (Å²) in [5.41, 5.74) is 3.58. The highest BCUT2D eigenvalue weighted by Crippen LogP contribution is 2.16. The standard InChI is InChI=1S/C16H14BrN3O4/c1-11(12-2-6-14(7-3-12)20(22)23)18-19-16(21)10-24-15-8-4-13(17)5-9-15/h2-9H,10H2,1H3,(H,19,21). The molecule has 0 atom stereocenters. The largest absolute Gasteiger partial charge is 0.484 e. The number of ether oxygens (including phenoxy) is 1. The van der Waals surface area contributed by atoms with Crippen molar-refractivity contribution < 1.29 is 14.5 Å². The molecule has 2 aromatic rings. The maximum Gasteiger partial charge on any atom is 0.277 e. The summed E-state index contributed by atoms with van der Waals surface area (Å²) in [6.45, 7) is 1.52. The lowest BCUT2D eigenvalue weighted by atomic mass is 10.1. The number of nitro groups is 1. The lowest BCUT2D eigenvalue weighted by Crippen LogP contribution is -2.25. The maximum atomic E-state index is 11.7. The Labute approximate surface area is 146 Å². The van der Waals surface area contributed by atoms with Crippen molar-refractivity contribution in [3.63, 3.8) is 0 Å². The van der Waals surface area contributed by atoms with E-state index < -0.39 is 10.8 Å². The second-order valence-corrected chi connectivity index (χ2v) is 5.69. The zero-order valence-electron chi connectivity index (χ0n) is 12.7. The third kappa shape index (κ3) is 5.17. The second-order valence-electron chi connectivity index (χ2n) is 4.78. The topological polar surface area (TPSA) is 93.8 Å². The molecule has 0 aliphatic rings. The van der Waals surface area contributed by atoms with Crippen LogP contribution in [0, 0.1) is 10.1 Å². The average molecular weight is 392 g/mol. The van der Waals surface area contributed by atoms with Crippen molar-refractivity contribution >= 4 is 33.2 Å². The van der Waals surface area contributed by atoms with Crippen molar-refractivity contribution in [3.8, 4) is 5.75 Å². The van der Waals surface area contributed by atoms with Crippen LogP contribution in [0.1, 0.15) is 12.5 Å². The van der Waals surface area contributed by atoms with Crippen LogP contribution in [-0.4, -0.2) is 23.1 Å². The van der Waals surface area contributed by atoms with E-state index in [1.54, 1.807) is 31.2 Å². The smallest absolute Gasteiger partial charge is 0.277 e. The van der Waals surface area contributed by atoms with Gasteiger partial charge in [-0.3, -0.25) is 14.9 Å². The molecule has 0 aliphatic carbocycles. The fourth-order valence-electron chi connectivity index (χ4n) is 1.75. The third-order valence-corrected chi connectivity index (χ3v) is 3.56. The average Bonchev–Trinajstić information content (AvgIpc) is 2.59. The Morgan fingerprint density at radius 2 is 1.83 bits per heavy atom. The summed E-state index contributed by atoms with van der Waals surface area (Å²) in [4.78, 5) is 21.9. The molecule has 2 rings (SSSR count). The number of hydrazone groups is 1. The molecule has 1 N–H and O–H groups in total. The van der Waals surface area contributed by atoms with Gasteiger partial charge in [-0.2, -0.15) is 5.10 Å². The summed E-state index contributed by atoms with van der Waals surface area (Å²) in [5.74, 6) is 0.170. The number of nitro benzene ring substituents is 1. The van der Waals surface area contributed by atoms with E-state index in [1.807, 2.05) is 12.1 Å². The fraction of sp³-hybridized carbons (Fsp3) is 0.125. The van der Waals surface area contributed by atoms with Crippen LogP contribution >= 0.6 is 15.9 Å². The number of hydrogen-bond acceptors (Lipinski definition) is 5. The monoisotopic (exact) mass is 391 g/mol. The molecular weight excluding hydrogens is 378 g/mol. The van der Waals surface area contributed by atoms with Gasteiger partial charge in [0.15, 0.2) is 6.61 Å². The summed E-state index contributed by atoms with van der Waals surface area (Å²) in [6.07, 6.45) is 0. The highest BCUT2D eigenvalue weighted by atomic mass is 79.9. The van der Waals surface area contributed by atoms with Crippen LogP contribution in [0.2, 0.25) is 0 Å². The quantitative estimate of drug-likeness (QED) is 0.464. The van der Waals surface area contributed by atoms with Gasteiger partial charge in [0.05, 0.1) is 10.6 Å². The molecule has 0 aromatic heterocycles. The van der Waals surface area contributed by atoms with Crippen LogP contribution in [0.4, 0.5) is 5.69 Å². The molecule has 2 aromatic carbocycles. The summed E-state index contributed by atoms with van der Waals surface area (Å²) in [7, 11) is 0. The Kier molecular flexibility index (Phi) is 6.02. The predicted octanol–water partition coefficient (Wildman–Crippen LogP) is 3.28. The van der Waals surface area contributed by atoms with Gasteiger partial charge < -0.3 is 4.74 Å². The maximum absolute atomic E-state index is 11.7. The predicted molar refractivity (Wildman–Crippen MR) is 93.1 cm³/mol. The van der Waals surface area contributed by atoms with E-state index in [1.165, 1.54) is 12.1 Å². The minimum absolute atomic E-state index is 0.00140. The molecule has 0 saturated heterocycles. The van der Waals surface area contributed by atoms with Crippen LogP contribution < -0.4 is 10.2 Å². The highest BCUT2D eigenvalue weighted by Gasteiger charge is 2.06. The molecule has 0 spiro atoms. The van der Waals surface area contributed by atoms with E-state index in [-0.39, 0.29) is 12.3 Å². The SMILES string of the molecule is CC(=NNC(=O)COc1ccc(Br)cc1)c1ccc([N+](=O)[O-])cc1. The molecule has 0 bridgehead atoms. The second kappa shape index (κ2) is 8.21. The number of rotatable bonds is 6. The van der Waals surface area contributed by atoms with Crippen LogP contribution in [0.5, 0.6) is 5.75 Å². The van der Waals surface area contributed by atoms with Gasteiger partial charge in [0, 0.05) is 16.6 Å². The summed E-state index contributed by atoms with van der Waals surface area (Å²) in [6, 6.07) is 13.0. The number of non-ortho nitro benzene ring substituents is 1. The van der Waals surface area contributed by atoms with Crippen molar-refractivity contribution in [2.24, 2.45) is 5.10 Å². The van der Waals surface area contributed by atoms with E-state index in [4.69, 9.17) is 4.74 Å². The molecule has 124 valence electrons. The Morgan fingerprint density at radius 3 is 2.42 bits per heavy atom. The summed E-state index contributed by atoms with van der Waals surface area (Å²) < 4.78 is 6.24. The zero-order chi connectivity index (χ0) is 17.5. The van der Waals surface area contributed by atoms with Gasteiger partial charge in [0.25, 0.3) is 11.6 Å². The van der Waals surface area contributed by atoms with Gasteiger partial charge in [-0.25, -0.2) is 5.43 Å². The molecule has 0 radical (unpaired) electrons. The molecular formula is C16H14BrN3O4. The molecule has 7 nitrogen and oxygen atoms in total. The first-order valence-electron chi connectivity index (χ1n) is 6.92. The molecule has 0 saturated carbocycles. The van der Waals surface area contributed by atoms with E-state index in [9.17, 15) is 14.9 Å². The summed E-state index contributed by atoms with van der Waals surface area (Å²) in [5, 5.41) is 14.6. The van der Waals surface area contributed by atoms with Crippen LogP contribution in [0.15, 0.2) is 58.1 Å². The molecule has 0 unspecified atom stereocenters. The van der Waals surface area contributed by atoms with E-state index >= 15 is 0 Å². The molecule has 0 aliphatic heterocycles. The number of carbonyl (C=O) groups excluding carboxylic acids is 1. The number of amides is 1. The minimum Gasteiger partial charge on any atom is -0.484 e. The minimum atomic E-state index is -0.475. The number of carbonyl (C=O) groups is 1. The Hall–Kier alpha value is -2.74. The van der Waals surface area contributed by atoms with Crippen LogP contribution in [0.25, 0.3) is 0 Å². The Morgan fingerprint density at radius 1 is 1.21 bits per heavy atom. The lowest BCUT2D eigenvalue weighted by molar-refractivity contribution is -0.384. The number of nitrogens with zero attached hydrogens (tertiary/aromatic N) is 2. The van der Waals surface area contributed by atoms with Crippen LogP contribution in [0.3, 0.4) is 0 Å². The lowest BCUT2D eigenvalue weighted by Gasteiger charge is -2.06. The first-order chi connectivity index (χ1) is 11.5. The fourth-order valence-corrected chi connectivity index (χ4v) is 2.01. The van der Waals surface area contributed by atoms with Crippen molar-refractivity contribution in [2.45, 2.75) is 6.92 Å². The van der Waals surface area contributed by atoms with Gasteiger partial charge in [0.2, 0.25) is 0 Å². The Bertz CT molecular complexity index is 758. The van der Waals surface area contributed by atoms with Gasteiger partial charge >= 0.3 is 0 Å². The number of hydrogen-bond donors (Lipinski definition) is 1. The first-order valence-corrected chi connectivity index (χ1v) is 7.71. The van der Waals surface area contributed by atoms with Gasteiger partial charge in [0.1, 0.15) is 5.75 Å². The van der Waals surface area contributed by atoms with Gasteiger partial charge in [-0.1, -0.05) is 15.9 Å². The van der Waals surface area contributed by atoms with E-state index in [0.29, 0.717) is 17.0 Å². The highest BCUT2D eigenvalue weighted by molar-refractivity contribution is 9.10. The van der Waals surface area contributed by atoms with Crippen LogP contribution in [-0.2, 0) is 4.79 Å². The van der Waals surface area contributed by atoms with E-state index in [2.05, 4.69) is 26.5 Å². The number of halogens is 1. The zero-order valence-corrected chi connectivity index (χ0v) is 14.3. The molecule has 24 heavy (non-hydrogen) atoms. The molecule has 8 heteroatoms. The molecule has 0 heterocycles. The summed E-state index contributed by atoms with van der Waals surface area (Å²) >= 11 is 3.31. The number of benzene rings is 2. The normalized spacial score (nSPS) is 11.0. The number of nitrogens with one attached hydrogen (secondary N) is 1. The van der Waals surface area contributed by atoms with Gasteiger partial charge in [-0.15, -0.1) is 0 Å². The molecule has 1 amide bonds. The molecule has 0 fully saturated rings. The van der Waals surface area contributed by atoms with E-state index in [0.717, 1.165) is 4.47 Å². The first kappa shape index (κ1) is 17.6. The van der Waals surface area contributed by atoms with Crippen molar-refractivity contribution in [1.82, 2.24) is 5.43 Å². The van der Waals surface area contributed by atoms with Gasteiger partial charge in [-0.05, 0) is 48.9 Å². The van der Waals surface area contributed by atoms with Crippen molar-refractivity contribution in [3.05, 3.63) is 68.7 Å². The third-order valence-electron chi connectivity index (χ3n) is 3.03. The van der Waals surface area contributed by atoms with Crippen molar-refractivity contribution in [2.75, 3.05) is 6.61 Å². The Balaban J connectivity index is 1.87.